The molecule has 0 radical (unpaired) electrons. The van der Waals surface area contributed by atoms with E-state index in [9.17, 15) is 38.4 Å². The van der Waals surface area contributed by atoms with Crippen LogP contribution in [0.15, 0.2) is 104 Å². The number of carbonyl (C=O) groups excluding carboxylic acids is 8. The van der Waals surface area contributed by atoms with Crippen LogP contribution in [0.25, 0.3) is 22.6 Å². The number of H-pyrrole nitrogens is 1. The van der Waals surface area contributed by atoms with Gasteiger partial charge < -0.3 is 79.5 Å². The fourth-order valence-corrected chi connectivity index (χ4v) is 9.60. The zero-order chi connectivity index (χ0) is 58.0. The molecular weight excluding hydrogens is 1160 g/mol. The molecule has 0 aliphatic heterocycles. The van der Waals surface area contributed by atoms with Gasteiger partial charge in [0, 0.05) is 141 Å². The summed E-state index contributed by atoms with van der Waals surface area (Å²) in [5, 5.41) is 22.3. The molecule has 0 aliphatic carbocycles. The number of rotatable bonds is 19. The standard InChI is InChI=1S/C53H56IN19O8/c1-55-48(76)39-17-32(25-69(39)4)60-51(79)42-20-34(27-72(42)7)62-52(80)43-21-33(26-73(43)8)61-50(78)41-19-31(24-71(41)6)59-47(75)36(66-54)11-12-57-49(77)40-18-30(23-70(40)5)58-46(74)28-9-10-35-37(15-28)65-44(64-35)38-16-29(22-68(38)3)63-53(81)45-56-13-14-67(45)2/h9-10,13-27,36,66H,11-12H2,1-8H3,(H,55,76)(H,57,77)(H,58,74)(H,59,75)(H,60,79)(H,61,78)(H,62,80)(H,63,81)(H,64,65)/t36-/m1/s1. The van der Waals surface area contributed by atoms with Crippen molar-refractivity contribution in [2.75, 3.05) is 45.5 Å². The van der Waals surface area contributed by atoms with Gasteiger partial charge in [0.15, 0.2) is 11.6 Å². The van der Waals surface area contributed by atoms with Crippen molar-refractivity contribution in [2.24, 2.45) is 49.3 Å². The first-order chi connectivity index (χ1) is 38.7. The highest BCUT2D eigenvalue weighted by Gasteiger charge is 2.24. The fourth-order valence-electron chi connectivity index (χ4n) is 9.01. The SMILES string of the molecule is CNC(=O)c1cc(NC(=O)c2cc(NC(=O)c3cc(NC(=O)c4cc(NC(=O)[C@@H](CCNC(=O)c5cc(NC(=O)c6ccc7nc(-c8cc(NC(=O)c9nccn9C)cn8C)[nH]c7c6)cn5C)NI)cn4C)cn3C)cn2C)cn1C. The Hall–Kier alpha value is -9.97. The molecule has 9 aromatic rings. The summed E-state index contributed by atoms with van der Waals surface area (Å²) >= 11 is 1.86. The normalized spacial score (nSPS) is 11.5. The third-order valence-electron chi connectivity index (χ3n) is 13.2. The molecule has 1 aromatic carbocycles. The highest BCUT2D eigenvalue weighted by molar-refractivity contribution is 14.1. The molecule has 0 spiro atoms. The molecule has 0 saturated carbocycles. The number of benzene rings is 1. The maximum absolute atomic E-state index is 13.5. The molecule has 0 bridgehead atoms. The first-order valence-corrected chi connectivity index (χ1v) is 25.9. The molecule has 0 saturated heterocycles. The van der Waals surface area contributed by atoms with Gasteiger partial charge in [-0.1, -0.05) is 0 Å². The largest absolute Gasteiger partial charge is 0.354 e. The van der Waals surface area contributed by atoms with Crippen LogP contribution in [0.2, 0.25) is 0 Å². The van der Waals surface area contributed by atoms with Crippen molar-refractivity contribution in [1.82, 2.24) is 61.1 Å². The van der Waals surface area contributed by atoms with Crippen molar-refractivity contribution in [1.29, 1.82) is 0 Å². The van der Waals surface area contributed by atoms with Gasteiger partial charge in [-0.05, 0) is 61.0 Å². The van der Waals surface area contributed by atoms with Gasteiger partial charge in [0.2, 0.25) is 5.91 Å². The number of fused-ring (bicyclic) bond motifs is 1. The van der Waals surface area contributed by atoms with Gasteiger partial charge in [-0.2, -0.15) is 0 Å². The Morgan fingerprint density at radius 1 is 0.519 bits per heavy atom. The zero-order valence-electron chi connectivity index (χ0n) is 45.0. The van der Waals surface area contributed by atoms with E-state index in [1.165, 1.54) is 34.4 Å². The maximum Gasteiger partial charge on any atom is 0.291 e. The van der Waals surface area contributed by atoms with E-state index in [-0.39, 0.29) is 53.4 Å². The van der Waals surface area contributed by atoms with Gasteiger partial charge in [-0.15, -0.1) is 0 Å². The summed E-state index contributed by atoms with van der Waals surface area (Å²) in [6.45, 7) is 0.108. The summed E-state index contributed by atoms with van der Waals surface area (Å²) in [6.07, 6.45) is 13.1. The summed E-state index contributed by atoms with van der Waals surface area (Å²) in [5.74, 6) is -2.61. The summed E-state index contributed by atoms with van der Waals surface area (Å²) in [4.78, 5) is 117. The second kappa shape index (κ2) is 23.2. The van der Waals surface area contributed by atoms with Crippen molar-refractivity contribution in [3.8, 4) is 11.5 Å². The minimum absolute atomic E-state index is 0.108. The third kappa shape index (κ3) is 12.2. The molecule has 1 atom stereocenters. The summed E-state index contributed by atoms with van der Waals surface area (Å²) in [7, 11) is 13.4. The number of carbonyl (C=O) groups is 8. The van der Waals surface area contributed by atoms with E-state index in [1.54, 1.807) is 147 Å². The van der Waals surface area contributed by atoms with Gasteiger partial charge >= 0.3 is 0 Å². The number of imidazole rings is 2. The summed E-state index contributed by atoms with van der Waals surface area (Å²) in [5.41, 5.74) is 5.92. The molecule has 8 amide bonds. The first-order valence-electron chi connectivity index (χ1n) is 24.9. The van der Waals surface area contributed by atoms with Crippen LogP contribution >= 0.6 is 22.9 Å². The number of halogens is 1. The topological polar surface area (TPSA) is 321 Å². The van der Waals surface area contributed by atoms with Crippen LogP contribution in [0.5, 0.6) is 0 Å². The first kappa shape index (κ1) is 55.8. The predicted octanol–water partition coefficient (Wildman–Crippen LogP) is 4.68. The molecule has 0 unspecified atom stereocenters. The molecule has 81 heavy (non-hydrogen) atoms. The van der Waals surface area contributed by atoms with E-state index in [2.05, 4.69) is 56.0 Å². The van der Waals surface area contributed by atoms with Crippen LogP contribution in [0, 0.1) is 0 Å². The number of nitrogens with one attached hydrogen (secondary N) is 10. The summed E-state index contributed by atoms with van der Waals surface area (Å²) < 4.78 is 14.2. The number of nitrogens with zero attached hydrogens (tertiary/aromatic N) is 9. The van der Waals surface area contributed by atoms with Crippen LogP contribution in [0.4, 0.5) is 34.1 Å². The Labute approximate surface area is 475 Å². The molecule has 9 rings (SSSR count). The van der Waals surface area contributed by atoms with Crippen LogP contribution in [-0.2, 0) is 54.1 Å². The lowest BCUT2D eigenvalue weighted by atomic mass is 10.2. The van der Waals surface area contributed by atoms with Gasteiger partial charge in [0.05, 0.1) is 56.9 Å². The minimum atomic E-state index is -0.752. The molecule has 0 fully saturated rings. The van der Waals surface area contributed by atoms with Gasteiger partial charge in [0.25, 0.3) is 41.4 Å². The second-order valence-corrected chi connectivity index (χ2v) is 19.7. The monoisotopic (exact) mass is 1210 g/mol. The van der Waals surface area contributed by atoms with Crippen molar-refractivity contribution >= 4 is 115 Å². The number of hydrogen-bond acceptors (Lipinski definition) is 11. The second-order valence-electron chi connectivity index (χ2n) is 19.1. The van der Waals surface area contributed by atoms with Gasteiger partial charge in [-0.25, -0.2) is 13.5 Å². The average molecular weight is 1210 g/mol. The lowest BCUT2D eigenvalue weighted by Crippen LogP contribution is -2.39. The predicted molar refractivity (Wildman–Crippen MR) is 310 cm³/mol. The number of anilines is 6. The highest BCUT2D eigenvalue weighted by Crippen LogP contribution is 2.27. The van der Waals surface area contributed by atoms with E-state index < -0.39 is 41.5 Å². The van der Waals surface area contributed by atoms with Gasteiger partial charge in [0.1, 0.15) is 28.5 Å². The van der Waals surface area contributed by atoms with Crippen molar-refractivity contribution in [3.05, 3.63) is 144 Å². The smallest absolute Gasteiger partial charge is 0.291 e. The van der Waals surface area contributed by atoms with Crippen molar-refractivity contribution in [3.63, 3.8) is 0 Å². The lowest BCUT2D eigenvalue weighted by molar-refractivity contribution is -0.117. The molecule has 418 valence electrons. The quantitative estimate of drug-likeness (QED) is 0.0391. The zero-order valence-corrected chi connectivity index (χ0v) is 47.1. The van der Waals surface area contributed by atoms with Gasteiger partial charge in [-0.3, -0.25) is 38.4 Å². The summed E-state index contributed by atoms with van der Waals surface area (Å²) in [6, 6.07) is 13.7. The van der Waals surface area contributed by atoms with Crippen LogP contribution in [0.1, 0.15) is 79.8 Å². The molecule has 27 nitrogen and oxygen atoms in total. The molecule has 10 N–H and O–H groups in total. The average Bonchev–Trinajstić information content (AvgIpc) is 4.33. The number of amides is 8. The Morgan fingerprint density at radius 2 is 0.963 bits per heavy atom. The Kier molecular flexibility index (Phi) is 15.9. The Balaban J connectivity index is 0.738. The van der Waals surface area contributed by atoms with Crippen molar-refractivity contribution in [2.45, 2.75) is 12.5 Å². The van der Waals surface area contributed by atoms with Crippen LogP contribution in [-0.4, -0.2) is 114 Å². The van der Waals surface area contributed by atoms with E-state index in [0.717, 1.165) is 0 Å². The third-order valence-corrected chi connectivity index (χ3v) is 13.9. The van der Waals surface area contributed by atoms with Crippen LogP contribution in [0.3, 0.4) is 0 Å². The van der Waals surface area contributed by atoms with E-state index in [1.807, 2.05) is 34.5 Å². The fraction of sp³-hybridized carbons (Fsp3) is 0.208. The van der Waals surface area contributed by atoms with E-state index in [4.69, 9.17) is 4.98 Å². The molecule has 8 heterocycles. The molecular formula is C53H56IN19O8. The van der Waals surface area contributed by atoms with Crippen LogP contribution < -0.4 is 46.1 Å². The number of hydrogen-bond donors (Lipinski definition) is 10. The van der Waals surface area contributed by atoms with E-state index >= 15 is 0 Å². The Bertz CT molecular complexity index is 3970. The van der Waals surface area contributed by atoms with E-state index in [0.29, 0.717) is 67.9 Å². The molecule has 8 aromatic heterocycles. The molecule has 28 heteroatoms. The lowest BCUT2D eigenvalue weighted by Gasteiger charge is -2.15. The minimum Gasteiger partial charge on any atom is -0.354 e. The van der Waals surface area contributed by atoms with Crippen molar-refractivity contribution < 1.29 is 38.4 Å². The molecule has 0 aliphatic rings. The highest BCUT2D eigenvalue weighted by atomic mass is 127. The Morgan fingerprint density at radius 3 is 1.44 bits per heavy atom. The number of aromatic nitrogens is 10. The maximum atomic E-state index is 13.5. The number of aromatic amines is 1. The number of aryl methyl sites for hydroxylation is 7.